The number of carbonyl (C=O) groups excluding carboxylic acids is 2. The fourth-order valence-electron chi connectivity index (χ4n) is 5.76. The fraction of sp³-hybridized carbons (Fsp3) is 0.500. The average molecular weight is 342 g/mol. The number of rotatable bonds is 1. The molecule has 1 saturated heterocycles. The van der Waals surface area contributed by atoms with Crippen molar-refractivity contribution < 1.29 is 9.59 Å². The van der Waals surface area contributed by atoms with Crippen molar-refractivity contribution in [1.29, 1.82) is 0 Å². The molecule has 1 aromatic rings. The molecule has 4 heteroatoms. The van der Waals surface area contributed by atoms with E-state index in [4.69, 9.17) is 11.6 Å². The van der Waals surface area contributed by atoms with Crippen LogP contribution in [0.3, 0.4) is 0 Å². The van der Waals surface area contributed by atoms with E-state index >= 15 is 0 Å². The standard InChI is InChI=1S/C20H20ClNO2/c21-11-4-1-5-12(10-11)22-19(23)17-15-8-2-6-13(15)14-7-3-9-16(14)18(17)20(22)24/h1,4-5,10,15-18H,2-3,6-9H2/t15-,16+,17-,18-/m1/s1. The van der Waals surface area contributed by atoms with Crippen molar-refractivity contribution in [2.24, 2.45) is 23.7 Å². The molecule has 0 radical (unpaired) electrons. The molecule has 1 aromatic carbocycles. The third kappa shape index (κ3) is 1.85. The highest BCUT2D eigenvalue weighted by Crippen LogP contribution is 2.57. The zero-order valence-corrected chi connectivity index (χ0v) is 14.3. The highest BCUT2D eigenvalue weighted by atomic mass is 35.5. The van der Waals surface area contributed by atoms with Gasteiger partial charge in [-0.05, 0) is 68.6 Å². The number of halogens is 1. The number of nitrogens with zero attached hydrogens (tertiary/aromatic N) is 1. The number of imide groups is 1. The first-order chi connectivity index (χ1) is 11.7. The largest absolute Gasteiger partial charge is 0.274 e. The van der Waals surface area contributed by atoms with Crippen LogP contribution in [0.25, 0.3) is 0 Å². The average Bonchev–Trinajstić information content (AvgIpc) is 3.25. The molecular formula is C20H20ClNO2. The molecule has 4 atom stereocenters. The van der Waals surface area contributed by atoms with Crippen LogP contribution in [-0.4, -0.2) is 11.8 Å². The molecule has 0 aromatic heterocycles. The van der Waals surface area contributed by atoms with Gasteiger partial charge in [0.25, 0.3) is 0 Å². The Balaban J connectivity index is 1.61. The molecule has 124 valence electrons. The summed E-state index contributed by atoms with van der Waals surface area (Å²) < 4.78 is 0. The zero-order chi connectivity index (χ0) is 16.4. The lowest BCUT2D eigenvalue weighted by atomic mass is 9.66. The highest BCUT2D eigenvalue weighted by Gasteiger charge is 2.59. The van der Waals surface area contributed by atoms with E-state index in [-0.39, 0.29) is 23.7 Å². The van der Waals surface area contributed by atoms with Gasteiger partial charge >= 0.3 is 0 Å². The summed E-state index contributed by atoms with van der Waals surface area (Å²) in [6, 6.07) is 7.13. The van der Waals surface area contributed by atoms with Gasteiger partial charge < -0.3 is 0 Å². The Morgan fingerprint density at radius 1 is 0.917 bits per heavy atom. The second-order valence-corrected chi connectivity index (χ2v) is 8.03. The maximum Gasteiger partial charge on any atom is 0.238 e. The molecule has 0 N–H and O–H groups in total. The number of carbonyl (C=O) groups is 2. The number of fused-ring (bicyclic) bond motifs is 5. The maximum atomic E-state index is 13.2. The van der Waals surface area contributed by atoms with E-state index in [0.717, 1.165) is 38.5 Å². The normalized spacial score (nSPS) is 34.6. The van der Waals surface area contributed by atoms with Crippen molar-refractivity contribution in [3.8, 4) is 0 Å². The topological polar surface area (TPSA) is 37.4 Å². The van der Waals surface area contributed by atoms with Gasteiger partial charge in [-0.15, -0.1) is 0 Å². The van der Waals surface area contributed by atoms with E-state index in [0.29, 0.717) is 22.5 Å². The van der Waals surface area contributed by atoms with Gasteiger partial charge in [0.2, 0.25) is 11.8 Å². The number of anilines is 1. The van der Waals surface area contributed by atoms with Crippen LogP contribution in [0.2, 0.25) is 5.02 Å². The lowest BCUT2D eigenvalue weighted by Crippen LogP contribution is -2.35. The molecule has 4 aliphatic rings. The van der Waals surface area contributed by atoms with E-state index in [1.165, 1.54) is 16.0 Å². The number of allylic oxidation sites excluding steroid dienone is 2. The summed E-state index contributed by atoms with van der Waals surface area (Å²) in [4.78, 5) is 27.9. The van der Waals surface area contributed by atoms with E-state index in [9.17, 15) is 9.59 Å². The van der Waals surface area contributed by atoms with E-state index in [1.54, 1.807) is 18.2 Å². The van der Waals surface area contributed by atoms with Gasteiger partial charge in [0.1, 0.15) is 0 Å². The summed E-state index contributed by atoms with van der Waals surface area (Å²) in [5.41, 5.74) is 3.70. The molecule has 24 heavy (non-hydrogen) atoms. The van der Waals surface area contributed by atoms with E-state index < -0.39 is 0 Å². The summed E-state index contributed by atoms with van der Waals surface area (Å²) in [7, 11) is 0. The van der Waals surface area contributed by atoms with Gasteiger partial charge in [-0.25, -0.2) is 4.90 Å². The Morgan fingerprint density at radius 2 is 1.50 bits per heavy atom. The van der Waals surface area contributed by atoms with Gasteiger partial charge in [-0.2, -0.15) is 0 Å². The molecule has 2 amide bonds. The van der Waals surface area contributed by atoms with Gasteiger partial charge in [0, 0.05) is 5.02 Å². The second kappa shape index (κ2) is 5.19. The van der Waals surface area contributed by atoms with Crippen LogP contribution in [-0.2, 0) is 9.59 Å². The Bertz CT molecular complexity index is 742. The lowest BCUT2D eigenvalue weighted by Gasteiger charge is -2.34. The Kier molecular flexibility index (Phi) is 3.18. The molecule has 0 spiro atoms. The van der Waals surface area contributed by atoms with Gasteiger partial charge in [0.15, 0.2) is 0 Å². The first-order valence-electron chi connectivity index (χ1n) is 9.02. The Labute approximate surface area is 146 Å². The second-order valence-electron chi connectivity index (χ2n) is 7.59. The number of amides is 2. The quantitative estimate of drug-likeness (QED) is 0.562. The minimum absolute atomic E-state index is 0.00242. The summed E-state index contributed by atoms with van der Waals surface area (Å²) >= 11 is 6.09. The first-order valence-corrected chi connectivity index (χ1v) is 9.40. The predicted molar refractivity (Wildman–Crippen MR) is 92.6 cm³/mol. The summed E-state index contributed by atoms with van der Waals surface area (Å²) in [6.45, 7) is 0. The van der Waals surface area contributed by atoms with Gasteiger partial charge in [0.05, 0.1) is 17.5 Å². The minimum Gasteiger partial charge on any atom is -0.274 e. The Hall–Kier alpha value is -1.61. The molecule has 0 unspecified atom stereocenters. The molecular weight excluding hydrogens is 322 g/mol. The highest BCUT2D eigenvalue weighted by molar-refractivity contribution is 6.31. The van der Waals surface area contributed by atoms with Crippen molar-refractivity contribution in [1.82, 2.24) is 0 Å². The summed E-state index contributed by atoms with van der Waals surface area (Å²) in [5.74, 6) is 0.340. The predicted octanol–water partition coefficient (Wildman–Crippen LogP) is 4.36. The number of hydrogen-bond donors (Lipinski definition) is 0. The van der Waals surface area contributed by atoms with E-state index in [2.05, 4.69) is 0 Å². The third-order valence-electron chi connectivity index (χ3n) is 6.56. The van der Waals surface area contributed by atoms with Crippen molar-refractivity contribution in [2.45, 2.75) is 38.5 Å². The van der Waals surface area contributed by atoms with Crippen LogP contribution in [0.5, 0.6) is 0 Å². The number of hydrogen-bond acceptors (Lipinski definition) is 2. The summed E-state index contributed by atoms with van der Waals surface area (Å²) in [5, 5.41) is 0.559. The summed E-state index contributed by atoms with van der Waals surface area (Å²) in [6.07, 6.45) is 6.73. The molecule has 1 aliphatic heterocycles. The van der Waals surface area contributed by atoms with Crippen LogP contribution < -0.4 is 4.90 Å². The SMILES string of the molecule is O=C1[C@H]2[C@H](C(=O)N1c1cccc(Cl)c1)[C@H]1CCCC1=C1CCC[C@H]12. The van der Waals surface area contributed by atoms with Crippen LogP contribution in [0.4, 0.5) is 5.69 Å². The third-order valence-corrected chi connectivity index (χ3v) is 6.80. The number of benzene rings is 1. The Morgan fingerprint density at radius 3 is 2.04 bits per heavy atom. The molecule has 2 saturated carbocycles. The molecule has 3 fully saturated rings. The van der Waals surface area contributed by atoms with Gasteiger partial charge in [-0.1, -0.05) is 28.8 Å². The van der Waals surface area contributed by atoms with Crippen molar-refractivity contribution in [3.05, 3.63) is 40.4 Å². The van der Waals surface area contributed by atoms with Gasteiger partial charge in [-0.3, -0.25) is 9.59 Å². The van der Waals surface area contributed by atoms with Crippen molar-refractivity contribution in [3.63, 3.8) is 0 Å². The molecule has 3 aliphatic carbocycles. The first kappa shape index (κ1) is 14.7. The molecule has 0 bridgehead atoms. The lowest BCUT2D eigenvalue weighted by molar-refractivity contribution is -0.122. The minimum atomic E-state index is -0.138. The van der Waals surface area contributed by atoms with E-state index in [1.807, 2.05) is 6.07 Å². The van der Waals surface area contributed by atoms with Crippen LogP contribution in [0.1, 0.15) is 38.5 Å². The molecule has 1 heterocycles. The van der Waals surface area contributed by atoms with Crippen LogP contribution in [0.15, 0.2) is 35.4 Å². The maximum absolute atomic E-state index is 13.2. The van der Waals surface area contributed by atoms with Crippen molar-refractivity contribution >= 4 is 29.1 Å². The van der Waals surface area contributed by atoms with Crippen LogP contribution >= 0.6 is 11.6 Å². The van der Waals surface area contributed by atoms with Crippen LogP contribution in [0, 0.1) is 23.7 Å². The zero-order valence-electron chi connectivity index (χ0n) is 13.5. The van der Waals surface area contributed by atoms with Crippen molar-refractivity contribution in [2.75, 3.05) is 4.90 Å². The molecule has 5 rings (SSSR count). The molecule has 3 nitrogen and oxygen atoms in total. The monoisotopic (exact) mass is 341 g/mol. The smallest absolute Gasteiger partial charge is 0.238 e. The fourth-order valence-corrected chi connectivity index (χ4v) is 5.95.